The van der Waals surface area contributed by atoms with E-state index in [4.69, 9.17) is 0 Å². The van der Waals surface area contributed by atoms with E-state index in [1.54, 1.807) is 0 Å². The molecule has 88 valence electrons. The Morgan fingerprint density at radius 3 is 2.62 bits per heavy atom. The number of aryl methyl sites for hydroxylation is 1. The second kappa shape index (κ2) is 3.85. The highest BCUT2D eigenvalue weighted by Crippen LogP contribution is 2.46. The van der Waals surface area contributed by atoms with E-state index in [1.807, 2.05) is 12.4 Å². The largest absolute Gasteiger partial charge is 0.307 e. The Balaban J connectivity index is 2.53. The van der Waals surface area contributed by atoms with Crippen molar-refractivity contribution in [2.45, 2.75) is 46.1 Å². The molecule has 1 aliphatic heterocycles. The predicted octanol–water partition coefficient (Wildman–Crippen LogP) is 3.01. The fourth-order valence-corrected chi connectivity index (χ4v) is 2.93. The van der Waals surface area contributed by atoms with Gasteiger partial charge in [0.2, 0.25) is 0 Å². The first-order chi connectivity index (χ1) is 7.47. The van der Waals surface area contributed by atoms with Gasteiger partial charge < -0.3 is 5.32 Å². The predicted molar refractivity (Wildman–Crippen MR) is 67.3 cm³/mol. The van der Waals surface area contributed by atoms with E-state index >= 15 is 0 Å². The Kier molecular flexibility index (Phi) is 2.79. The van der Waals surface area contributed by atoms with E-state index in [0.717, 1.165) is 6.54 Å². The lowest BCUT2D eigenvalue weighted by molar-refractivity contribution is 0.159. The van der Waals surface area contributed by atoms with Crippen LogP contribution in [-0.2, 0) is 5.54 Å². The summed E-state index contributed by atoms with van der Waals surface area (Å²) in [5, 5.41) is 3.73. The molecule has 1 aromatic rings. The van der Waals surface area contributed by atoms with E-state index in [-0.39, 0.29) is 11.0 Å². The third kappa shape index (κ3) is 1.65. The number of nitrogens with zero attached hydrogens (tertiary/aromatic N) is 1. The normalized spacial score (nSPS) is 26.0. The van der Waals surface area contributed by atoms with Crippen molar-refractivity contribution in [3.8, 4) is 0 Å². The number of aromatic nitrogens is 1. The Morgan fingerprint density at radius 1 is 1.38 bits per heavy atom. The van der Waals surface area contributed by atoms with Gasteiger partial charge in [0.05, 0.1) is 5.54 Å². The highest BCUT2D eigenvalue weighted by molar-refractivity contribution is 5.33. The first-order valence-corrected chi connectivity index (χ1v) is 6.13. The van der Waals surface area contributed by atoms with Crippen molar-refractivity contribution < 1.29 is 0 Å². The lowest BCUT2D eigenvalue weighted by Gasteiger charge is -2.43. The van der Waals surface area contributed by atoms with Crippen molar-refractivity contribution in [1.29, 1.82) is 0 Å². The highest BCUT2D eigenvalue weighted by Gasteiger charge is 2.46. The summed E-state index contributed by atoms with van der Waals surface area (Å²) in [6.45, 7) is 10.3. The van der Waals surface area contributed by atoms with Crippen LogP contribution in [-0.4, -0.2) is 11.5 Å². The third-order valence-electron chi connectivity index (χ3n) is 3.93. The number of rotatable bonds is 1. The molecule has 1 unspecified atom stereocenters. The summed E-state index contributed by atoms with van der Waals surface area (Å²) in [5.41, 5.74) is 3.04. The lowest BCUT2D eigenvalue weighted by atomic mass is 9.68. The number of hydrogen-bond donors (Lipinski definition) is 1. The van der Waals surface area contributed by atoms with Gasteiger partial charge in [0.15, 0.2) is 0 Å². The summed E-state index contributed by atoms with van der Waals surface area (Å²) >= 11 is 0. The van der Waals surface area contributed by atoms with Gasteiger partial charge in [0.1, 0.15) is 0 Å². The van der Waals surface area contributed by atoms with Crippen molar-refractivity contribution in [3.05, 3.63) is 29.6 Å². The van der Waals surface area contributed by atoms with Crippen molar-refractivity contribution >= 4 is 0 Å². The van der Waals surface area contributed by atoms with Crippen molar-refractivity contribution in [1.82, 2.24) is 10.3 Å². The third-order valence-corrected chi connectivity index (χ3v) is 3.93. The second-order valence-corrected chi connectivity index (χ2v) is 5.88. The smallest absolute Gasteiger partial charge is 0.0502 e. The summed E-state index contributed by atoms with van der Waals surface area (Å²) in [6.07, 6.45) is 6.39. The topological polar surface area (TPSA) is 24.9 Å². The lowest BCUT2D eigenvalue weighted by Crippen LogP contribution is -2.48. The van der Waals surface area contributed by atoms with Crippen LogP contribution in [0, 0.1) is 12.3 Å². The number of pyridine rings is 1. The van der Waals surface area contributed by atoms with E-state index < -0.39 is 0 Å². The molecule has 1 fully saturated rings. The van der Waals surface area contributed by atoms with E-state index in [2.05, 4.69) is 44.1 Å². The summed E-state index contributed by atoms with van der Waals surface area (Å²) in [4.78, 5) is 4.31. The quantitative estimate of drug-likeness (QED) is 0.783. The molecular formula is C14H22N2. The Hall–Kier alpha value is -0.890. The Morgan fingerprint density at radius 2 is 2.12 bits per heavy atom. The molecule has 1 atom stereocenters. The molecule has 1 saturated heterocycles. The summed E-state index contributed by atoms with van der Waals surface area (Å²) in [5.74, 6) is 0. The number of nitrogens with one attached hydrogen (secondary N) is 1. The SMILES string of the molecule is Cc1ccncc1C1(C(C)(C)C)CCCN1. The van der Waals surface area contributed by atoms with Crippen molar-refractivity contribution in [3.63, 3.8) is 0 Å². The number of hydrogen-bond acceptors (Lipinski definition) is 2. The molecule has 2 heterocycles. The second-order valence-electron chi connectivity index (χ2n) is 5.88. The van der Waals surface area contributed by atoms with Crippen LogP contribution in [0.5, 0.6) is 0 Å². The fourth-order valence-electron chi connectivity index (χ4n) is 2.93. The molecule has 0 bridgehead atoms. The van der Waals surface area contributed by atoms with Gasteiger partial charge in [0, 0.05) is 12.4 Å². The minimum Gasteiger partial charge on any atom is -0.307 e. The maximum Gasteiger partial charge on any atom is 0.0502 e. The van der Waals surface area contributed by atoms with E-state index in [0.29, 0.717) is 0 Å². The van der Waals surface area contributed by atoms with Gasteiger partial charge in [-0.15, -0.1) is 0 Å². The molecule has 0 amide bonds. The minimum absolute atomic E-state index is 0.103. The first kappa shape index (κ1) is 11.6. The van der Waals surface area contributed by atoms with Gasteiger partial charge in [-0.2, -0.15) is 0 Å². The molecule has 0 saturated carbocycles. The van der Waals surface area contributed by atoms with Gasteiger partial charge in [-0.3, -0.25) is 4.98 Å². The molecule has 2 nitrogen and oxygen atoms in total. The average Bonchev–Trinajstić information content (AvgIpc) is 2.67. The summed E-state index contributed by atoms with van der Waals surface area (Å²) in [7, 11) is 0. The van der Waals surface area contributed by atoms with Crippen LogP contribution >= 0.6 is 0 Å². The molecule has 1 aromatic heterocycles. The van der Waals surface area contributed by atoms with Crippen LogP contribution in [0.1, 0.15) is 44.7 Å². The van der Waals surface area contributed by atoms with Gasteiger partial charge in [-0.25, -0.2) is 0 Å². The molecule has 2 rings (SSSR count). The molecule has 1 N–H and O–H groups in total. The van der Waals surface area contributed by atoms with Crippen LogP contribution in [0.4, 0.5) is 0 Å². The molecule has 1 aliphatic rings. The molecule has 0 radical (unpaired) electrons. The molecule has 0 aromatic carbocycles. The Bertz CT molecular complexity index is 371. The molecule has 0 spiro atoms. The highest BCUT2D eigenvalue weighted by atomic mass is 15.0. The zero-order valence-corrected chi connectivity index (χ0v) is 10.8. The average molecular weight is 218 g/mol. The van der Waals surface area contributed by atoms with Gasteiger partial charge in [-0.1, -0.05) is 20.8 Å². The van der Waals surface area contributed by atoms with Crippen LogP contribution in [0.15, 0.2) is 18.5 Å². The standard InChI is InChI=1S/C14H22N2/c1-11-6-9-15-10-12(11)14(13(2,3)4)7-5-8-16-14/h6,9-10,16H,5,7-8H2,1-4H3. The van der Waals surface area contributed by atoms with Crippen LogP contribution < -0.4 is 5.32 Å². The molecular weight excluding hydrogens is 196 g/mol. The maximum atomic E-state index is 4.31. The van der Waals surface area contributed by atoms with E-state index in [9.17, 15) is 0 Å². The van der Waals surface area contributed by atoms with Gasteiger partial charge >= 0.3 is 0 Å². The summed E-state index contributed by atoms with van der Waals surface area (Å²) < 4.78 is 0. The zero-order chi connectivity index (χ0) is 11.8. The van der Waals surface area contributed by atoms with Gasteiger partial charge in [0.25, 0.3) is 0 Å². The first-order valence-electron chi connectivity index (χ1n) is 6.13. The van der Waals surface area contributed by atoms with Crippen LogP contribution in [0.2, 0.25) is 0 Å². The molecule has 16 heavy (non-hydrogen) atoms. The zero-order valence-electron chi connectivity index (χ0n) is 10.8. The van der Waals surface area contributed by atoms with Crippen LogP contribution in [0.3, 0.4) is 0 Å². The molecule has 2 heteroatoms. The van der Waals surface area contributed by atoms with Crippen molar-refractivity contribution in [2.24, 2.45) is 5.41 Å². The monoisotopic (exact) mass is 218 g/mol. The molecule has 0 aliphatic carbocycles. The fraction of sp³-hybridized carbons (Fsp3) is 0.643. The minimum atomic E-state index is 0.103. The van der Waals surface area contributed by atoms with Crippen LogP contribution in [0.25, 0.3) is 0 Å². The summed E-state index contributed by atoms with van der Waals surface area (Å²) in [6, 6.07) is 2.11. The van der Waals surface area contributed by atoms with Gasteiger partial charge in [-0.05, 0) is 48.9 Å². The Labute approximate surface area is 98.5 Å². The van der Waals surface area contributed by atoms with Crippen molar-refractivity contribution in [2.75, 3.05) is 6.54 Å². The van der Waals surface area contributed by atoms with E-state index in [1.165, 1.54) is 24.0 Å². The maximum absolute atomic E-state index is 4.31.